The second kappa shape index (κ2) is 11.1. The number of amides is 2. The largest absolute Gasteiger partial charge is 0.494 e. The van der Waals surface area contributed by atoms with Crippen LogP contribution in [-0.2, 0) is 4.79 Å². The Kier molecular flexibility index (Phi) is 8.52. The molecule has 0 aromatic heterocycles. The minimum atomic E-state index is -0.191. The summed E-state index contributed by atoms with van der Waals surface area (Å²) in [6.07, 6.45) is 1.01. The summed E-state index contributed by atoms with van der Waals surface area (Å²) < 4.78 is 5.69. The topological polar surface area (TPSA) is 79.5 Å². The first kappa shape index (κ1) is 22.3. The lowest BCUT2D eigenvalue weighted by Crippen LogP contribution is -2.30. The van der Waals surface area contributed by atoms with Gasteiger partial charge in [-0.3, -0.25) is 9.59 Å². The van der Waals surface area contributed by atoms with Gasteiger partial charge in [-0.2, -0.15) is 0 Å². The predicted molar refractivity (Wildman–Crippen MR) is 118 cm³/mol. The molecule has 0 unspecified atom stereocenters. The van der Waals surface area contributed by atoms with Crippen molar-refractivity contribution in [2.75, 3.05) is 23.8 Å². The van der Waals surface area contributed by atoms with Gasteiger partial charge in [-0.15, -0.1) is 0 Å². The molecule has 0 radical (unpaired) electrons. The number of carbonyl (C=O) groups is 2. The Bertz CT molecular complexity index is 801. The van der Waals surface area contributed by atoms with Gasteiger partial charge in [-0.05, 0) is 68.7 Å². The number of hydrogen-bond acceptors (Lipinski definition) is 4. The first-order valence-electron chi connectivity index (χ1n) is 10.0. The molecule has 0 heterocycles. The summed E-state index contributed by atoms with van der Waals surface area (Å²) in [6.45, 7) is 8.95. The van der Waals surface area contributed by atoms with Crippen molar-refractivity contribution in [3.63, 3.8) is 0 Å². The second-order valence-electron chi connectivity index (χ2n) is 7.67. The molecule has 0 spiro atoms. The predicted octanol–water partition coefficient (Wildman–Crippen LogP) is 4.30. The maximum absolute atomic E-state index is 12.2. The molecule has 0 saturated carbocycles. The van der Waals surface area contributed by atoms with Gasteiger partial charge in [0.2, 0.25) is 5.91 Å². The van der Waals surface area contributed by atoms with Crippen LogP contribution in [-0.4, -0.2) is 31.0 Å². The third-order valence-electron chi connectivity index (χ3n) is 4.10. The summed E-state index contributed by atoms with van der Waals surface area (Å²) in [5, 5.41) is 8.72. The van der Waals surface area contributed by atoms with Gasteiger partial charge in [0.05, 0.1) is 13.2 Å². The number of carbonyl (C=O) groups excluding carboxylic acids is 2. The van der Waals surface area contributed by atoms with Gasteiger partial charge in [0.1, 0.15) is 5.75 Å². The van der Waals surface area contributed by atoms with Crippen LogP contribution >= 0.6 is 0 Å². The molecule has 2 aromatic carbocycles. The van der Waals surface area contributed by atoms with Crippen LogP contribution in [0.5, 0.6) is 5.75 Å². The minimum absolute atomic E-state index is 0.0527. The van der Waals surface area contributed by atoms with Crippen molar-refractivity contribution < 1.29 is 14.3 Å². The van der Waals surface area contributed by atoms with Gasteiger partial charge < -0.3 is 20.7 Å². The van der Waals surface area contributed by atoms with E-state index in [1.807, 2.05) is 38.1 Å². The number of nitrogens with one attached hydrogen (secondary N) is 3. The standard InChI is InChI=1S/C23H31N3O3/c1-16(2)12-13-29-21-10-8-19(9-11-21)24-15-22(27)26-20-7-5-6-18(14-20)23(28)25-17(3)4/h5-11,14,16-17,24H,12-13,15H2,1-4H3,(H,25,28)(H,26,27). The van der Waals surface area contributed by atoms with Crippen LogP contribution in [0.4, 0.5) is 11.4 Å². The highest BCUT2D eigenvalue weighted by atomic mass is 16.5. The van der Waals surface area contributed by atoms with Crippen molar-refractivity contribution in [3.8, 4) is 5.75 Å². The van der Waals surface area contributed by atoms with Gasteiger partial charge in [-0.1, -0.05) is 19.9 Å². The molecule has 156 valence electrons. The lowest BCUT2D eigenvalue weighted by Gasteiger charge is -2.11. The third kappa shape index (κ3) is 8.25. The van der Waals surface area contributed by atoms with Crippen LogP contribution in [0.3, 0.4) is 0 Å². The highest BCUT2D eigenvalue weighted by Crippen LogP contribution is 2.16. The molecule has 0 atom stereocenters. The molecule has 29 heavy (non-hydrogen) atoms. The van der Waals surface area contributed by atoms with Crippen molar-refractivity contribution in [2.45, 2.75) is 40.2 Å². The van der Waals surface area contributed by atoms with Crippen molar-refractivity contribution in [3.05, 3.63) is 54.1 Å². The van der Waals surface area contributed by atoms with E-state index in [1.54, 1.807) is 24.3 Å². The van der Waals surface area contributed by atoms with Gasteiger partial charge in [0.25, 0.3) is 5.91 Å². The molecule has 0 bridgehead atoms. The minimum Gasteiger partial charge on any atom is -0.494 e. The second-order valence-corrected chi connectivity index (χ2v) is 7.67. The van der Waals surface area contributed by atoms with E-state index >= 15 is 0 Å². The Hall–Kier alpha value is -3.02. The van der Waals surface area contributed by atoms with Crippen molar-refractivity contribution >= 4 is 23.2 Å². The van der Waals surface area contributed by atoms with E-state index in [2.05, 4.69) is 29.8 Å². The van der Waals surface area contributed by atoms with Crippen LogP contribution in [0.15, 0.2) is 48.5 Å². The lowest BCUT2D eigenvalue weighted by molar-refractivity contribution is -0.114. The van der Waals surface area contributed by atoms with E-state index in [0.717, 1.165) is 17.9 Å². The van der Waals surface area contributed by atoms with Crippen molar-refractivity contribution in [1.82, 2.24) is 5.32 Å². The molecular formula is C23H31N3O3. The Balaban J connectivity index is 1.81. The molecule has 2 aromatic rings. The fourth-order valence-electron chi connectivity index (χ4n) is 2.55. The van der Waals surface area contributed by atoms with Gasteiger partial charge in [-0.25, -0.2) is 0 Å². The van der Waals surface area contributed by atoms with Crippen LogP contribution in [0.25, 0.3) is 0 Å². The molecule has 0 aliphatic carbocycles. The first-order chi connectivity index (χ1) is 13.8. The van der Waals surface area contributed by atoms with E-state index in [-0.39, 0.29) is 24.4 Å². The van der Waals surface area contributed by atoms with Crippen LogP contribution < -0.4 is 20.7 Å². The summed E-state index contributed by atoms with van der Waals surface area (Å²) in [5.74, 6) is 1.07. The lowest BCUT2D eigenvalue weighted by atomic mass is 10.1. The quantitative estimate of drug-likeness (QED) is 0.558. The molecule has 0 aliphatic rings. The van der Waals surface area contributed by atoms with E-state index in [9.17, 15) is 9.59 Å². The van der Waals surface area contributed by atoms with Gasteiger partial charge in [0, 0.05) is 23.0 Å². The Morgan fingerprint density at radius 3 is 2.34 bits per heavy atom. The number of anilines is 2. The molecule has 0 fully saturated rings. The van der Waals surface area contributed by atoms with Gasteiger partial charge in [0.15, 0.2) is 0 Å². The summed E-state index contributed by atoms with van der Waals surface area (Å²) in [5.41, 5.74) is 1.93. The molecule has 3 N–H and O–H groups in total. The molecule has 6 heteroatoms. The summed E-state index contributed by atoms with van der Waals surface area (Å²) in [6, 6.07) is 14.5. The van der Waals surface area contributed by atoms with Crippen LogP contribution in [0.2, 0.25) is 0 Å². The van der Waals surface area contributed by atoms with E-state index in [4.69, 9.17) is 4.74 Å². The third-order valence-corrected chi connectivity index (χ3v) is 4.10. The Labute approximate surface area is 173 Å². The zero-order valence-electron chi connectivity index (χ0n) is 17.6. The van der Waals surface area contributed by atoms with Gasteiger partial charge >= 0.3 is 0 Å². The summed E-state index contributed by atoms with van der Waals surface area (Å²) in [7, 11) is 0. The molecule has 6 nitrogen and oxygen atoms in total. The zero-order valence-corrected chi connectivity index (χ0v) is 17.6. The summed E-state index contributed by atoms with van der Waals surface area (Å²) in [4.78, 5) is 24.3. The highest BCUT2D eigenvalue weighted by molar-refractivity contribution is 5.98. The van der Waals surface area contributed by atoms with E-state index in [1.165, 1.54) is 0 Å². The van der Waals surface area contributed by atoms with Crippen LogP contribution in [0.1, 0.15) is 44.5 Å². The average Bonchev–Trinajstić information content (AvgIpc) is 2.67. The number of ether oxygens (including phenoxy) is 1. The monoisotopic (exact) mass is 397 g/mol. The Morgan fingerprint density at radius 1 is 0.966 bits per heavy atom. The normalized spacial score (nSPS) is 10.7. The van der Waals surface area contributed by atoms with Crippen molar-refractivity contribution in [2.24, 2.45) is 5.92 Å². The smallest absolute Gasteiger partial charge is 0.251 e. The molecular weight excluding hydrogens is 366 g/mol. The van der Waals surface area contributed by atoms with Crippen molar-refractivity contribution in [1.29, 1.82) is 0 Å². The van der Waals surface area contributed by atoms with E-state index < -0.39 is 0 Å². The molecule has 2 rings (SSSR count). The number of rotatable bonds is 10. The number of hydrogen-bond donors (Lipinski definition) is 3. The molecule has 2 amide bonds. The fraction of sp³-hybridized carbons (Fsp3) is 0.391. The molecule has 0 aliphatic heterocycles. The SMILES string of the molecule is CC(C)CCOc1ccc(NCC(=O)Nc2cccc(C(=O)NC(C)C)c2)cc1. The fourth-order valence-corrected chi connectivity index (χ4v) is 2.55. The average molecular weight is 398 g/mol. The Morgan fingerprint density at radius 2 is 1.69 bits per heavy atom. The maximum atomic E-state index is 12.2. The van der Waals surface area contributed by atoms with Crippen LogP contribution in [0, 0.1) is 5.92 Å². The molecule has 0 saturated heterocycles. The zero-order chi connectivity index (χ0) is 21.2. The van der Waals surface area contributed by atoms with E-state index in [0.29, 0.717) is 23.8 Å². The number of benzene rings is 2. The highest BCUT2D eigenvalue weighted by Gasteiger charge is 2.09. The first-order valence-corrected chi connectivity index (χ1v) is 10.0. The maximum Gasteiger partial charge on any atom is 0.251 e. The summed E-state index contributed by atoms with van der Waals surface area (Å²) >= 11 is 0.